The molecule has 0 atom stereocenters. The number of unbranched alkanes of at least 4 members (excludes halogenated alkanes) is 3. The third kappa shape index (κ3) is 8.16. The Morgan fingerprint density at radius 3 is 2.26 bits per heavy atom. The summed E-state index contributed by atoms with van der Waals surface area (Å²) in [6.45, 7) is 6.52. The summed E-state index contributed by atoms with van der Waals surface area (Å²) in [5, 5.41) is 5.94. The summed E-state index contributed by atoms with van der Waals surface area (Å²) in [6, 6.07) is 19.4. The number of halogens is 1. The van der Waals surface area contributed by atoms with Gasteiger partial charge in [-0.3, -0.25) is 9.59 Å². The summed E-state index contributed by atoms with van der Waals surface area (Å²) < 4.78 is 13.3. The molecule has 3 aromatic carbocycles. The van der Waals surface area contributed by atoms with E-state index in [-0.39, 0.29) is 24.2 Å². The maximum absolute atomic E-state index is 13.4. The van der Waals surface area contributed by atoms with E-state index in [1.165, 1.54) is 37.0 Å². The van der Waals surface area contributed by atoms with E-state index in [0.717, 1.165) is 50.0 Å². The van der Waals surface area contributed by atoms with Crippen molar-refractivity contribution in [3.8, 4) is 0 Å². The maximum atomic E-state index is 13.4. The van der Waals surface area contributed by atoms with Gasteiger partial charge < -0.3 is 15.5 Å². The Hall–Kier alpha value is -3.67. The average molecular weight is 530 g/mol. The van der Waals surface area contributed by atoms with E-state index >= 15 is 0 Å². The van der Waals surface area contributed by atoms with Gasteiger partial charge in [0.1, 0.15) is 5.82 Å². The van der Waals surface area contributed by atoms with Gasteiger partial charge in [0.05, 0.1) is 5.56 Å². The lowest BCUT2D eigenvalue weighted by atomic mass is 9.97. The Bertz CT molecular complexity index is 1230. The molecule has 1 saturated heterocycles. The SMILES string of the molecule is CCCCCCc1ccc(C(=O)Nc2ccc(N3CCC(C)CC3)c(C(=O)NCc3ccc(F)cc3)c2)cc1. The van der Waals surface area contributed by atoms with Gasteiger partial charge in [-0.25, -0.2) is 4.39 Å². The number of carbonyl (C=O) groups excluding carboxylic acids is 2. The molecule has 1 heterocycles. The van der Waals surface area contributed by atoms with Crippen LogP contribution in [0.15, 0.2) is 66.7 Å². The first-order chi connectivity index (χ1) is 18.9. The van der Waals surface area contributed by atoms with Crippen LogP contribution in [-0.4, -0.2) is 24.9 Å². The third-order valence-corrected chi connectivity index (χ3v) is 7.52. The number of aryl methyl sites for hydroxylation is 1. The third-order valence-electron chi connectivity index (χ3n) is 7.52. The predicted octanol–water partition coefficient (Wildman–Crippen LogP) is 7.37. The van der Waals surface area contributed by atoms with Gasteiger partial charge in [0.25, 0.3) is 11.8 Å². The standard InChI is InChI=1S/C33H40FN3O2/c1-3-4-5-6-7-25-8-12-27(13-9-25)32(38)36-29-16-17-31(37-20-18-24(2)19-21-37)30(22-29)33(39)35-23-26-10-14-28(34)15-11-26/h8-17,22,24H,3-7,18-21,23H2,1-2H3,(H,35,39)(H,36,38). The van der Waals surface area contributed by atoms with Crippen molar-refractivity contribution in [1.82, 2.24) is 5.32 Å². The van der Waals surface area contributed by atoms with E-state index in [9.17, 15) is 14.0 Å². The highest BCUT2D eigenvalue weighted by Gasteiger charge is 2.22. The minimum atomic E-state index is -0.309. The van der Waals surface area contributed by atoms with Crippen LogP contribution in [0, 0.1) is 11.7 Å². The number of amides is 2. The number of benzene rings is 3. The van der Waals surface area contributed by atoms with Crippen LogP contribution in [0.2, 0.25) is 0 Å². The van der Waals surface area contributed by atoms with Gasteiger partial charge >= 0.3 is 0 Å². The monoisotopic (exact) mass is 529 g/mol. The fourth-order valence-electron chi connectivity index (χ4n) is 4.98. The fourth-order valence-corrected chi connectivity index (χ4v) is 4.98. The van der Waals surface area contributed by atoms with Crippen LogP contribution in [0.4, 0.5) is 15.8 Å². The van der Waals surface area contributed by atoms with Crippen LogP contribution in [0.5, 0.6) is 0 Å². The van der Waals surface area contributed by atoms with Crippen molar-refractivity contribution in [2.45, 2.75) is 65.3 Å². The van der Waals surface area contributed by atoms with E-state index in [1.807, 2.05) is 36.4 Å². The number of hydrogen-bond acceptors (Lipinski definition) is 3. The van der Waals surface area contributed by atoms with Crippen molar-refractivity contribution in [1.29, 1.82) is 0 Å². The fraction of sp³-hybridized carbons (Fsp3) is 0.394. The molecule has 1 fully saturated rings. The van der Waals surface area contributed by atoms with Crippen LogP contribution in [0.25, 0.3) is 0 Å². The molecule has 206 valence electrons. The van der Waals surface area contributed by atoms with Crippen LogP contribution in [0.3, 0.4) is 0 Å². The second kappa shape index (κ2) is 13.9. The van der Waals surface area contributed by atoms with Gasteiger partial charge in [0.2, 0.25) is 0 Å². The zero-order valence-electron chi connectivity index (χ0n) is 23.1. The molecule has 0 bridgehead atoms. The van der Waals surface area contributed by atoms with Crippen molar-refractivity contribution in [2.24, 2.45) is 5.92 Å². The second-order valence-electron chi connectivity index (χ2n) is 10.7. The minimum Gasteiger partial charge on any atom is -0.371 e. The molecule has 2 N–H and O–H groups in total. The van der Waals surface area contributed by atoms with Crippen molar-refractivity contribution < 1.29 is 14.0 Å². The maximum Gasteiger partial charge on any atom is 0.255 e. The molecule has 3 aromatic rings. The summed E-state index contributed by atoms with van der Waals surface area (Å²) in [5.41, 5.74) is 4.60. The number of carbonyl (C=O) groups is 2. The summed E-state index contributed by atoms with van der Waals surface area (Å²) >= 11 is 0. The number of nitrogens with one attached hydrogen (secondary N) is 2. The molecule has 0 spiro atoms. The molecule has 5 nitrogen and oxygen atoms in total. The lowest BCUT2D eigenvalue weighted by Crippen LogP contribution is -2.35. The molecule has 0 unspecified atom stereocenters. The highest BCUT2D eigenvalue weighted by molar-refractivity contribution is 6.06. The van der Waals surface area contributed by atoms with E-state index in [4.69, 9.17) is 0 Å². The Kier molecular flexibility index (Phi) is 10.1. The molecule has 0 aliphatic carbocycles. The van der Waals surface area contributed by atoms with Gasteiger partial charge in [-0.05, 0) is 85.2 Å². The highest BCUT2D eigenvalue weighted by atomic mass is 19.1. The Labute approximate surface area is 231 Å². The Balaban J connectivity index is 1.47. The topological polar surface area (TPSA) is 61.4 Å². The lowest BCUT2D eigenvalue weighted by molar-refractivity contribution is 0.0950. The molecule has 0 saturated carbocycles. The predicted molar refractivity (Wildman–Crippen MR) is 157 cm³/mol. The largest absolute Gasteiger partial charge is 0.371 e. The summed E-state index contributed by atoms with van der Waals surface area (Å²) in [5.74, 6) is -0.0729. The molecule has 0 radical (unpaired) electrons. The van der Waals surface area contributed by atoms with Crippen LogP contribution >= 0.6 is 0 Å². The van der Waals surface area contributed by atoms with Crippen LogP contribution in [-0.2, 0) is 13.0 Å². The van der Waals surface area contributed by atoms with Gasteiger partial charge in [0, 0.05) is 36.6 Å². The van der Waals surface area contributed by atoms with Crippen molar-refractivity contribution in [3.63, 3.8) is 0 Å². The zero-order chi connectivity index (χ0) is 27.6. The highest BCUT2D eigenvalue weighted by Crippen LogP contribution is 2.29. The van der Waals surface area contributed by atoms with Crippen molar-refractivity contribution in [3.05, 3.63) is 94.8 Å². The van der Waals surface area contributed by atoms with Gasteiger partial charge in [-0.2, -0.15) is 0 Å². The molecule has 2 amide bonds. The van der Waals surface area contributed by atoms with E-state index in [1.54, 1.807) is 18.2 Å². The normalized spacial score (nSPS) is 13.8. The van der Waals surface area contributed by atoms with Crippen molar-refractivity contribution in [2.75, 3.05) is 23.3 Å². The smallest absolute Gasteiger partial charge is 0.255 e. The number of rotatable bonds is 11. The molecular weight excluding hydrogens is 489 g/mol. The van der Waals surface area contributed by atoms with E-state index in [2.05, 4.69) is 29.4 Å². The lowest BCUT2D eigenvalue weighted by Gasteiger charge is -2.33. The molecule has 4 rings (SSSR count). The molecule has 1 aliphatic rings. The Morgan fingerprint density at radius 2 is 1.56 bits per heavy atom. The van der Waals surface area contributed by atoms with Gasteiger partial charge in [-0.1, -0.05) is 57.4 Å². The molecule has 39 heavy (non-hydrogen) atoms. The van der Waals surface area contributed by atoms with E-state index < -0.39 is 0 Å². The van der Waals surface area contributed by atoms with E-state index in [0.29, 0.717) is 22.7 Å². The first-order valence-corrected chi connectivity index (χ1v) is 14.2. The van der Waals surface area contributed by atoms with Crippen molar-refractivity contribution >= 4 is 23.2 Å². The van der Waals surface area contributed by atoms with Gasteiger partial charge in [-0.15, -0.1) is 0 Å². The van der Waals surface area contributed by atoms with Gasteiger partial charge in [0.15, 0.2) is 0 Å². The summed E-state index contributed by atoms with van der Waals surface area (Å²) in [4.78, 5) is 28.6. The average Bonchev–Trinajstić information content (AvgIpc) is 2.95. The zero-order valence-corrected chi connectivity index (χ0v) is 23.1. The van der Waals surface area contributed by atoms with Crippen LogP contribution in [0.1, 0.15) is 84.2 Å². The Morgan fingerprint density at radius 1 is 0.872 bits per heavy atom. The molecule has 0 aromatic heterocycles. The minimum absolute atomic E-state index is 0.204. The van der Waals surface area contributed by atoms with Crippen LogP contribution < -0.4 is 15.5 Å². The summed E-state index contributed by atoms with van der Waals surface area (Å²) in [6.07, 6.45) is 8.03. The number of anilines is 2. The number of hydrogen-bond donors (Lipinski definition) is 2. The first kappa shape index (κ1) is 28.3. The molecule has 6 heteroatoms. The second-order valence-corrected chi connectivity index (χ2v) is 10.7. The summed E-state index contributed by atoms with van der Waals surface area (Å²) in [7, 11) is 0. The first-order valence-electron chi connectivity index (χ1n) is 14.2. The number of piperidine rings is 1. The molecule has 1 aliphatic heterocycles. The molecular formula is C33H40FN3O2. The number of nitrogens with zero attached hydrogens (tertiary/aromatic N) is 1. The quantitative estimate of drug-likeness (QED) is 0.255.